The summed E-state index contributed by atoms with van der Waals surface area (Å²) in [5, 5.41) is 13.5. The van der Waals surface area contributed by atoms with Crippen LogP contribution in [0.2, 0.25) is 5.02 Å². The number of rotatable bonds is 4. The van der Waals surface area contributed by atoms with Gasteiger partial charge in [0.15, 0.2) is 0 Å². The Morgan fingerprint density at radius 1 is 1.20 bits per heavy atom. The smallest absolute Gasteiger partial charge is 0.135 e. The molecule has 1 atom stereocenters. The third-order valence-electron chi connectivity index (χ3n) is 5.08. The van der Waals surface area contributed by atoms with Crippen LogP contribution in [0.1, 0.15) is 48.6 Å². The molecule has 1 N–H and O–H groups in total. The number of nitrogens with one attached hydrogen (secondary N) is 1. The Kier molecular flexibility index (Phi) is 6.48. The van der Waals surface area contributed by atoms with Gasteiger partial charge in [-0.15, -0.1) is 0 Å². The Morgan fingerprint density at radius 3 is 2.70 bits per heavy atom. The fourth-order valence-electron chi connectivity index (χ4n) is 3.46. The lowest BCUT2D eigenvalue weighted by molar-refractivity contribution is 0.702. The molecule has 3 heterocycles. The van der Waals surface area contributed by atoms with Crippen molar-refractivity contribution in [1.82, 2.24) is 19.9 Å². The van der Waals surface area contributed by atoms with Crippen LogP contribution in [0.3, 0.4) is 0 Å². The number of hydrogen-bond donors (Lipinski definition) is 1. The molecule has 0 amide bonds. The molecule has 154 valence electrons. The predicted molar refractivity (Wildman–Crippen MR) is 118 cm³/mol. The first-order chi connectivity index (χ1) is 14.0. The highest BCUT2D eigenvalue weighted by molar-refractivity contribution is 6.30. The van der Waals surface area contributed by atoms with Gasteiger partial charge in [0.1, 0.15) is 24.0 Å². The maximum Gasteiger partial charge on any atom is 0.135 e. The Morgan fingerprint density at radius 2 is 1.97 bits per heavy atom. The molecule has 0 fully saturated rings. The van der Waals surface area contributed by atoms with Crippen LogP contribution in [0.25, 0.3) is 0 Å². The van der Waals surface area contributed by atoms with E-state index in [0.29, 0.717) is 17.1 Å². The number of aryl methyl sites for hydroxylation is 1. The molecular formula is C22H24ClN7. The van der Waals surface area contributed by atoms with E-state index in [4.69, 9.17) is 11.6 Å². The fourth-order valence-corrected chi connectivity index (χ4v) is 3.63. The summed E-state index contributed by atoms with van der Waals surface area (Å²) in [5.74, 6) is 1.53. The van der Waals surface area contributed by atoms with E-state index in [1.165, 1.54) is 0 Å². The third kappa shape index (κ3) is 4.34. The Labute approximate surface area is 181 Å². The fraction of sp³-hybridized carbons (Fsp3) is 0.318. The minimum atomic E-state index is -0.00446. The van der Waals surface area contributed by atoms with E-state index < -0.39 is 0 Å². The average Bonchev–Trinajstić information content (AvgIpc) is 2.74. The lowest BCUT2D eigenvalue weighted by Gasteiger charge is -2.32. The Hall–Kier alpha value is -3.24. The van der Waals surface area contributed by atoms with Crippen LogP contribution in [0.4, 0.5) is 11.5 Å². The number of nitrogens with zero attached hydrogens (tertiary/aromatic N) is 6. The van der Waals surface area contributed by atoms with Gasteiger partial charge >= 0.3 is 0 Å². The summed E-state index contributed by atoms with van der Waals surface area (Å²) in [6.45, 7) is 5.31. The second-order valence-corrected chi connectivity index (χ2v) is 7.46. The molecule has 8 heteroatoms. The molecule has 1 aromatic carbocycles. The maximum atomic E-state index is 9.50. The largest absolute Gasteiger partial charge is 0.366 e. The third-order valence-corrected chi connectivity index (χ3v) is 5.31. The quantitative estimate of drug-likeness (QED) is 0.664. The first-order valence-electron chi connectivity index (χ1n) is 9.37. The van der Waals surface area contributed by atoms with Crippen LogP contribution in [0.5, 0.6) is 0 Å². The number of benzene rings is 1. The summed E-state index contributed by atoms with van der Waals surface area (Å²) in [5.41, 5.74) is 4.49. The van der Waals surface area contributed by atoms with Crippen LogP contribution in [-0.4, -0.2) is 26.5 Å². The molecule has 7 nitrogen and oxygen atoms in total. The van der Waals surface area contributed by atoms with Crippen molar-refractivity contribution in [2.75, 3.05) is 16.8 Å². The van der Waals surface area contributed by atoms with Crippen molar-refractivity contribution in [1.29, 1.82) is 5.26 Å². The summed E-state index contributed by atoms with van der Waals surface area (Å²) in [7, 11) is 0. The summed E-state index contributed by atoms with van der Waals surface area (Å²) >= 11 is 6.06. The molecule has 4 rings (SSSR count). The molecule has 1 aliphatic rings. The number of nitriles is 1. The van der Waals surface area contributed by atoms with E-state index in [-0.39, 0.29) is 13.5 Å². The van der Waals surface area contributed by atoms with Crippen LogP contribution in [-0.2, 0) is 13.0 Å². The number of aromatic nitrogens is 4. The molecular weight excluding hydrogens is 398 g/mol. The van der Waals surface area contributed by atoms with Crippen LogP contribution in [0.15, 0.2) is 36.9 Å². The molecule has 0 saturated carbocycles. The van der Waals surface area contributed by atoms with Crippen molar-refractivity contribution in [2.24, 2.45) is 0 Å². The Balaban J connectivity index is 0.00000256. The lowest BCUT2D eigenvalue weighted by atomic mass is 10.0. The topological polar surface area (TPSA) is 90.6 Å². The summed E-state index contributed by atoms with van der Waals surface area (Å²) in [6.07, 6.45) is 6.03. The first kappa shape index (κ1) is 21.5. The van der Waals surface area contributed by atoms with Gasteiger partial charge in [-0.2, -0.15) is 5.26 Å². The highest BCUT2D eigenvalue weighted by atomic mass is 35.5. The van der Waals surface area contributed by atoms with Gasteiger partial charge in [0.05, 0.1) is 23.0 Å². The summed E-state index contributed by atoms with van der Waals surface area (Å²) < 4.78 is 0. The van der Waals surface area contributed by atoms with Crippen molar-refractivity contribution < 1.29 is 0 Å². The molecule has 1 aliphatic heterocycles. The van der Waals surface area contributed by atoms with Crippen molar-refractivity contribution >= 4 is 23.1 Å². The maximum absolute atomic E-state index is 9.50. The minimum absolute atomic E-state index is 0. The second-order valence-electron chi connectivity index (χ2n) is 7.02. The highest BCUT2D eigenvalue weighted by Crippen LogP contribution is 2.31. The Bertz CT molecular complexity index is 1080. The average molecular weight is 422 g/mol. The van der Waals surface area contributed by atoms with Crippen molar-refractivity contribution in [3.8, 4) is 6.07 Å². The molecule has 0 unspecified atom stereocenters. The summed E-state index contributed by atoms with van der Waals surface area (Å²) in [6, 6.07) is 7.65. The van der Waals surface area contributed by atoms with Crippen LogP contribution in [0, 0.1) is 18.3 Å². The van der Waals surface area contributed by atoms with Gasteiger partial charge in [0.25, 0.3) is 0 Å². The lowest BCUT2D eigenvalue weighted by Crippen LogP contribution is -2.32. The number of hydrogen-bond acceptors (Lipinski definition) is 7. The zero-order chi connectivity index (χ0) is 20.4. The zero-order valence-electron chi connectivity index (χ0n) is 16.2. The number of anilines is 2. The number of halogens is 1. The van der Waals surface area contributed by atoms with E-state index in [0.717, 1.165) is 47.1 Å². The molecule has 0 saturated heterocycles. The van der Waals surface area contributed by atoms with Gasteiger partial charge in [-0.05, 0) is 32.0 Å². The molecule has 0 spiro atoms. The van der Waals surface area contributed by atoms with Crippen molar-refractivity contribution in [3.63, 3.8) is 0 Å². The van der Waals surface area contributed by atoms with E-state index >= 15 is 0 Å². The van der Waals surface area contributed by atoms with Crippen LogP contribution < -0.4 is 10.2 Å². The molecule has 0 aliphatic carbocycles. The highest BCUT2D eigenvalue weighted by Gasteiger charge is 2.24. The molecule has 30 heavy (non-hydrogen) atoms. The van der Waals surface area contributed by atoms with E-state index in [1.54, 1.807) is 12.4 Å². The van der Waals surface area contributed by atoms with E-state index in [1.807, 2.05) is 31.5 Å². The van der Waals surface area contributed by atoms with Crippen LogP contribution >= 0.6 is 11.6 Å². The zero-order valence-corrected chi connectivity index (χ0v) is 17.0. The van der Waals surface area contributed by atoms with Gasteiger partial charge in [0, 0.05) is 48.1 Å². The van der Waals surface area contributed by atoms with Gasteiger partial charge in [-0.1, -0.05) is 19.0 Å². The van der Waals surface area contributed by atoms with E-state index in [2.05, 4.69) is 43.1 Å². The van der Waals surface area contributed by atoms with Gasteiger partial charge < -0.3 is 10.2 Å². The van der Waals surface area contributed by atoms with Crippen molar-refractivity contribution in [2.45, 2.75) is 40.3 Å². The SMILES string of the molecule is C.Cc1ncc([C@@H](C)Nc2ncnc3c2CN(c2ccc(Cl)cc2C#N)CC3)cn1. The minimum Gasteiger partial charge on any atom is -0.366 e. The van der Waals surface area contributed by atoms with Gasteiger partial charge in [-0.25, -0.2) is 19.9 Å². The van der Waals surface area contributed by atoms with E-state index in [9.17, 15) is 5.26 Å². The van der Waals surface area contributed by atoms with Gasteiger partial charge in [-0.3, -0.25) is 0 Å². The van der Waals surface area contributed by atoms with Gasteiger partial charge in [0.2, 0.25) is 0 Å². The predicted octanol–water partition coefficient (Wildman–Crippen LogP) is 4.47. The normalized spacial score (nSPS) is 13.6. The molecule has 0 bridgehead atoms. The molecule has 3 aromatic rings. The standard InChI is InChI=1S/C21H20ClN7.CH4/c1-13(16-9-24-14(2)25-10-16)28-21-18-11-29(6-5-19(18)26-12-27-21)20-4-3-17(22)7-15(20)8-23;/h3-4,7,9-10,12-13H,5-6,11H2,1-2H3,(H,26,27,28);1H4/t13-;/m1./s1. The first-order valence-corrected chi connectivity index (χ1v) is 9.75. The molecule has 0 radical (unpaired) electrons. The summed E-state index contributed by atoms with van der Waals surface area (Å²) in [4.78, 5) is 19.7. The monoisotopic (exact) mass is 421 g/mol. The van der Waals surface area contributed by atoms with Crippen molar-refractivity contribution in [3.05, 3.63) is 70.2 Å². The number of fused-ring (bicyclic) bond motifs is 1. The second kappa shape index (κ2) is 9.06. The molecule has 2 aromatic heterocycles.